The zero-order valence-electron chi connectivity index (χ0n) is 9.24. The maximum atomic E-state index is 11.5. The van der Waals surface area contributed by atoms with E-state index in [1.54, 1.807) is 14.1 Å². The fourth-order valence-corrected chi connectivity index (χ4v) is 1.25. The molecule has 0 bridgehead atoms. The maximum absolute atomic E-state index is 11.5. The van der Waals surface area contributed by atoms with E-state index in [0.29, 0.717) is 12.1 Å². The molecule has 1 rings (SSSR count). The Morgan fingerprint density at radius 2 is 2.27 bits per heavy atom. The van der Waals surface area contributed by atoms with E-state index in [9.17, 15) is 9.59 Å². The predicted molar refractivity (Wildman–Crippen MR) is 51.9 cm³/mol. The molecule has 0 aliphatic heterocycles. The molecule has 0 saturated carbocycles. The number of H-pyrrole nitrogens is 1. The van der Waals surface area contributed by atoms with Crippen LogP contribution in [0.1, 0.15) is 25.5 Å². The summed E-state index contributed by atoms with van der Waals surface area (Å²) in [6.45, 7) is 2.21. The molecule has 1 N–H and O–H groups in total. The zero-order valence-corrected chi connectivity index (χ0v) is 9.24. The molecule has 6 nitrogen and oxygen atoms in total. The summed E-state index contributed by atoms with van der Waals surface area (Å²) in [7, 11) is 3.34. The highest BCUT2D eigenvalue weighted by atomic mass is 16.5. The predicted octanol–water partition coefficient (Wildman–Crippen LogP) is -0.449. The molecule has 1 aromatic rings. The second-order valence-electron chi connectivity index (χ2n) is 3.49. The molecule has 0 saturated heterocycles. The van der Waals surface area contributed by atoms with Crippen molar-refractivity contribution in [3.8, 4) is 0 Å². The van der Waals surface area contributed by atoms with E-state index >= 15 is 0 Å². The molecule has 1 aromatic heterocycles. The summed E-state index contributed by atoms with van der Waals surface area (Å²) < 4.78 is 6.05. The van der Waals surface area contributed by atoms with Crippen molar-refractivity contribution < 1.29 is 14.0 Å². The van der Waals surface area contributed by atoms with Crippen molar-refractivity contribution in [2.75, 3.05) is 7.05 Å². The Bertz CT molecular complexity index is 394. The Morgan fingerprint density at radius 1 is 1.60 bits per heavy atom. The third-order valence-corrected chi connectivity index (χ3v) is 2.19. The van der Waals surface area contributed by atoms with Crippen LogP contribution in [0.4, 0.5) is 0 Å². The summed E-state index contributed by atoms with van der Waals surface area (Å²) in [5, 5.41) is 2.40. The van der Waals surface area contributed by atoms with Crippen molar-refractivity contribution >= 4 is 5.91 Å². The fraction of sp³-hybridized carbons (Fsp3) is 0.667. The van der Waals surface area contributed by atoms with Gasteiger partial charge in [-0.15, -0.1) is 0 Å². The van der Waals surface area contributed by atoms with Crippen LogP contribution in [0, 0.1) is 0 Å². The van der Waals surface area contributed by atoms with Crippen LogP contribution in [0.2, 0.25) is 0 Å². The molecule has 1 amide bonds. The number of nitrogens with one attached hydrogen (secondary N) is 1. The number of hydrogen-bond acceptors (Lipinski definition) is 3. The van der Waals surface area contributed by atoms with Crippen LogP contribution in [0.5, 0.6) is 0 Å². The topological polar surface area (TPSA) is 70.2 Å². The lowest BCUT2D eigenvalue weighted by molar-refractivity contribution is -0.746. The van der Waals surface area contributed by atoms with E-state index < -0.39 is 5.63 Å². The standard InChI is InChI=1S/C9H15N3O3/c1-4-5-8(13)11(2)6-7-9(14)15-10-12(7)3/h4-6H2,1-3H3/p+1. The van der Waals surface area contributed by atoms with Gasteiger partial charge < -0.3 is 4.90 Å². The van der Waals surface area contributed by atoms with Crippen molar-refractivity contribution in [3.05, 3.63) is 16.1 Å². The van der Waals surface area contributed by atoms with Gasteiger partial charge in [-0.25, -0.2) is 4.79 Å². The first-order valence-corrected chi connectivity index (χ1v) is 4.86. The van der Waals surface area contributed by atoms with E-state index in [-0.39, 0.29) is 12.5 Å². The number of aromatic nitrogens is 2. The second-order valence-corrected chi connectivity index (χ2v) is 3.49. The minimum atomic E-state index is -0.436. The van der Waals surface area contributed by atoms with Gasteiger partial charge in [-0.05, 0) is 11.7 Å². The monoisotopic (exact) mass is 214 g/mol. The summed E-state index contributed by atoms with van der Waals surface area (Å²) in [5.41, 5.74) is -0.00407. The van der Waals surface area contributed by atoms with Crippen LogP contribution in [-0.2, 0) is 18.4 Å². The normalized spacial score (nSPS) is 10.3. The van der Waals surface area contributed by atoms with Crippen LogP contribution >= 0.6 is 0 Å². The van der Waals surface area contributed by atoms with Crippen LogP contribution in [-0.4, -0.2) is 23.1 Å². The number of nitrogens with zero attached hydrogens (tertiary/aromatic N) is 2. The largest absolute Gasteiger partial charge is 0.431 e. The van der Waals surface area contributed by atoms with E-state index in [4.69, 9.17) is 0 Å². The second kappa shape index (κ2) is 4.77. The molecule has 0 unspecified atom stereocenters. The number of carbonyl (C=O) groups excluding carboxylic acids is 1. The summed E-state index contributed by atoms with van der Waals surface area (Å²) in [6, 6.07) is 0. The van der Waals surface area contributed by atoms with Gasteiger partial charge in [0.15, 0.2) is 7.05 Å². The quantitative estimate of drug-likeness (QED) is 0.690. The molecule has 0 fully saturated rings. The highest BCUT2D eigenvalue weighted by Gasteiger charge is 2.21. The van der Waals surface area contributed by atoms with Gasteiger partial charge in [0.05, 0.1) is 0 Å². The van der Waals surface area contributed by atoms with Crippen molar-refractivity contribution in [3.63, 3.8) is 0 Å². The Hall–Kier alpha value is -1.59. The lowest BCUT2D eigenvalue weighted by Crippen LogP contribution is -2.40. The SMILES string of the molecule is CCCC(=O)N(C)Cc1c(=O)o[nH][n+]1C. The van der Waals surface area contributed by atoms with E-state index in [1.807, 2.05) is 6.92 Å². The Morgan fingerprint density at radius 3 is 2.73 bits per heavy atom. The number of aromatic amines is 1. The molecule has 0 aliphatic carbocycles. The summed E-state index contributed by atoms with van der Waals surface area (Å²) in [6.07, 6.45) is 1.30. The van der Waals surface area contributed by atoms with Crippen molar-refractivity contribution in [2.24, 2.45) is 7.05 Å². The van der Waals surface area contributed by atoms with Crippen LogP contribution in [0.15, 0.2) is 9.32 Å². The molecule has 84 valence electrons. The number of hydrogen-bond donors (Lipinski definition) is 1. The Balaban J connectivity index is 2.70. The number of amides is 1. The zero-order chi connectivity index (χ0) is 11.4. The number of carbonyl (C=O) groups is 1. The average Bonchev–Trinajstić information content (AvgIpc) is 2.49. The lowest BCUT2D eigenvalue weighted by Gasteiger charge is -2.12. The van der Waals surface area contributed by atoms with Crippen LogP contribution in [0.25, 0.3) is 0 Å². The van der Waals surface area contributed by atoms with Gasteiger partial charge in [-0.2, -0.15) is 0 Å². The first-order chi connectivity index (χ1) is 7.06. The van der Waals surface area contributed by atoms with E-state index in [2.05, 4.69) is 9.79 Å². The summed E-state index contributed by atoms with van der Waals surface area (Å²) in [5.74, 6) is 0.0260. The van der Waals surface area contributed by atoms with Gasteiger partial charge in [0.2, 0.25) is 5.91 Å². The number of rotatable bonds is 4. The third kappa shape index (κ3) is 2.68. The molecular weight excluding hydrogens is 198 g/mol. The van der Waals surface area contributed by atoms with Gasteiger partial charge >= 0.3 is 11.3 Å². The smallest absolute Gasteiger partial charge is 0.335 e. The van der Waals surface area contributed by atoms with E-state index in [1.165, 1.54) is 9.58 Å². The lowest BCUT2D eigenvalue weighted by atomic mass is 10.3. The summed E-state index contributed by atoms with van der Waals surface area (Å²) >= 11 is 0. The molecule has 6 heteroatoms. The maximum Gasteiger partial charge on any atom is 0.431 e. The molecule has 15 heavy (non-hydrogen) atoms. The molecule has 0 spiro atoms. The molecule has 0 atom stereocenters. The Kier molecular flexibility index (Phi) is 3.65. The van der Waals surface area contributed by atoms with E-state index in [0.717, 1.165) is 6.42 Å². The van der Waals surface area contributed by atoms with Crippen molar-refractivity contribution in [1.29, 1.82) is 0 Å². The van der Waals surface area contributed by atoms with Gasteiger partial charge in [0, 0.05) is 13.5 Å². The van der Waals surface area contributed by atoms with Gasteiger partial charge in [-0.1, -0.05) is 11.6 Å². The highest BCUT2D eigenvalue weighted by Crippen LogP contribution is 1.97. The van der Waals surface area contributed by atoms with Crippen molar-refractivity contribution in [1.82, 2.24) is 10.2 Å². The first kappa shape index (κ1) is 11.5. The minimum absolute atomic E-state index is 0.0260. The van der Waals surface area contributed by atoms with Gasteiger partial charge in [0.1, 0.15) is 6.54 Å². The molecule has 1 heterocycles. The average molecular weight is 214 g/mol. The number of aryl methyl sites for hydroxylation is 1. The van der Waals surface area contributed by atoms with Gasteiger partial charge in [-0.3, -0.25) is 9.32 Å². The minimum Gasteiger partial charge on any atom is -0.335 e. The summed E-state index contributed by atoms with van der Waals surface area (Å²) in [4.78, 5) is 24.2. The van der Waals surface area contributed by atoms with Gasteiger partial charge in [0.25, 0.3) is 0 Å². The molecule has 0 aromatic carbocycles. The molecular formula is C9H16N3O3+. The van der Waals surface area contributed by atoms with Crippen molar-refractivity contribution in [2.45, 2.75) is 26.3 Å². The third-order valence-electron chi connectivity index (χ3n) is 2.19. The first-order valence-electron chi connectivity index (χ1n) is 4.86. The fourth-order valence-electron chi connectivity index (χ4n) is 1.25. The van der Waals surface area contributed by atoms with Crippen LogP contribution in [0.3, 0.4) is 0 Å². The molecule has 0 aliphatic rings. The highest BCUT2D eigenvalue weighted by molar-refractivity contribution is 5.75. The molecule has 0 radical (unpaired) electrons. The Labute approximate surface area is 87.4 Å². The van der Waals surface area contributed by atoms with Crippen LogP contribution < -0.4 is 10.3 Å².